The molecule has 9 nitrogen and oxygen atoms in total. The second-order valence-electron chi connectivity index (χ2n) is 7.60. The standard InChI is InChI=1S/C23H26N6O3/c1-14-20(22(30)27-18-12-17(31-4)10-11-19(18)32-5)21(29-23(26-14)24-13-25-29)15-6-8-16(9-7-15)28(2)3/h6-13,21H,1-5H3,(H,27,30)(H,24,25,26). The molecule has 2 heterocycles. The molecule has 0 saturated carbocycles. The van der Waals surface area contributed by atoms with Gasteiger partial charge in [0.15, 0.2) is 0 Å². The molecule has 1 aliphatic heterocycles. The van der Waals surface area contributed by atoms with Gasteiger partial charge in [-0.1, -0.05) is 12.1 Å². The van der Waals surface area contributed by atoms with Crippen LogP contribution in [0.2, 0.25) is 0 Å². The summed E-state index contributed by atoms with van der Waals surface area (Å²) in [6.07, 6.45) is 1.47. The smallest absolute Gasteiger partial charge is 0.255 e. The average molecular weight is 435 g/mol. The third kappa shape index (κ3) is 3.84. The first-order valence-electron chi connectivity index (χ1n) is 10.1. The van der Waals surface area contributed by atoms with Gasteiger partial charge in [-0.15, -0.1) is 0 Å². The maximum atomic E-state index is 13.6. The molecule has 1 unspecified atom stereocenters. The molecule has 166 valence electrons. The number of hydrogen-bond acceptors (Lipinski definition) is 7. The van der Waals surface area contributed by atoms with Gasteiger partial charge in [-0.2, -0.15) is 10.1 Å². The van der Waals surface area contributed by atoms with Gasteiger partial charge in [-0.3, -0.25) is 4.79 Å². The number of fused-ring (bicyclic) bond motifs is 1. The van der Waals surface area contributed by atoms with Crippen molar-refractivity contribution in [1.82, 2.24) is 14.8 Å². The van der Waals surface area contributed by atoms with Crippen molar-refractivity contribution in [2.45, 2.75) is 13.0 Å². The van der Waals surface area contributed by atoms with Crippen LogP contribution in [-0.2, 0) is 4.79 Å². The minimum Gasteiger partial charge on any atom is -0.497 e. The highest BCUT2D eigenvalue weighted by molar-refractivity contribution is 6.06. The fraction of sp³-hybridized carbons (Fsp3) is 0.261. The summed E-state index contributed by atoms with van der Waals surface area (Å²) in [5, 5.41) is 10.5. The molecule has 0 saturated heterocycles. The molecular weight excluding hydrogens is 408 g/mol. The van der Waals surface area contributed by atoms with E-state index < -0.39 is 6.04 Å². The Kier molecular flexibility index (Phi) is 5.72. The van der Waals surface area contributed by atoms with E-state index in [0.717, 1.165) is 11.3 Å². The molecule has 4 rings (SSSR count). The lowest BCUT2D eigenvalue weighted by Gasteiger charge is -2.29. The summed E-state index contributed by atoms with van der Waals surface area (Å²) in [6, 6.07) is 12.9. The molecule has 1 amide bonds. The Hall–Kier alpha value is -4.01. The molecule has 1 aromatic heterocycles. The fourth-order valence-electron chi connectivity index (χ4n) is 3.75. The van der Waals surface area contributed by atoms with E-state index >= 15 is 0 Å². The van der Waals surface area contributed by atoms with E-state index in [2.05, 4.69) is 20.7 Å². The summed E-state index contributed by atoms with van der Waals surface area (Å²) >= 11 is 0. The SMILES string of the molecule is COc1ccc(OC)c(NC(=O)C2=C(C)Nc3ncnn3C2c2ccc(N(C)C)cc2)c1. The zero-order chi connectivity index (χ0) is 22.8. The minimum absolute atomic E-state index is 0.274. The zero-order valence-corrected chi connectivity index (χ0v) is 18.7. The average Bonchev–Trinajstić information content (AvgIpc) is 3.26. The maximum absolute atomic E-state index is 13.6. The number of rotatable bonds is 6. The number of carbonyl (C=O) groups is 1. The number of aromatic nitrogens is 3. The van der Waals surface area contributed by atoms with Gasteiger partial charge in [0.05, 0.1) is 25.5 Å². The number of ether oxygens (including phenoxy) is 2. The summed E-state index contributed by atoms with van der Waals surface area (Å²) in [7, 11) is 7.10. The molecule has 9 heteroatoms. The van der Waals surface area contributed by atoms with Crippen LogP contribution in [0.25, 0.3) is 0 Å². The molecule has 3 aromatic rings. The van der Waals surface area contributed by atoms with Crippen LogP contribution in [-0.4, -0.2) is 49.0 Å². The van der Waals surface area contributed by atoms with E-state index in [1.54, 1.807) is 37.1 Å². The van der Waals surface area contributed by atoms with Crippen LogP contribution >= 0.6 is 0 Å². The molecule has 0 fully saturated rings. The summed E-state index contributed by atoms with van der Waals surface area (Å²) < 4.78 is 12.4. The largest absolute Gasteiger partial charge is 0.497 e. The molecule has 2 aromatic carbocycles. The van der Waals surface area contributed by atoms with Crippen molar-refractivity contribution in [2.75, 3.05) is 43.8 Å². The lowest BCUT2D eigenvalue weighted by Crippen LogP contribution is -2.31. The molecule has 1 aliphatic rings. The lowest BCUT2D eigenvalue weighted by atomic mass is 9.94. The van der Waals surface area contributed by atoms with Gasteiger partial charge in [-0.25, -0.2) is 4.68 Å². The first-order chi connectivity index (χ1) is 15.4. The van der Waals surface area contributed by atoms with Gasteiger partial charge >= 0.3 is 0 Å². The van der Waals surface area contributed by atoms with Crippen molar-refractivity contribution in [3.63, 3.8) is 0 Å². The third-order valence-electron chi connectivity index (χ3n) is 5.42. The predicted octanol–water partition coefficient (Wildman–Crippen LogP) is 3.29. The molecule has 0 radical (unpaired) electrons. The Morgan fingerprint density at radius 1 is 1.12 bits per heavy atom. The number of hydrogen-bond donors (Lipinski definition) is 2. The third-order valence-corrected chi connectivity index (χ3v) is 5.42. The van der Waals surface area contributed by atoms with Crippen molar-refractivity contribution in [3.8, 4) is 11.5 Å². The van der Waals surface area contributed by atoms with Crippen molar-refractivity contribution in [3.05, 3.63) is 65.6 Å². The van der Waals surface area contributed by atoms with Crippen LogP contribution in [0, 0.1) is 0 Å². The summed E-state index contributed by atoms with van der Waals surface area (Å²) in [6.45, 7) is 1.86. The Labute approximate surface area is 186 Å². The predicted molar refractivity (Wildman–Crippen MR) is 123 cm³/mol. The van der Waals surface area contributed by atoms with Crippen LogP contribution in [0.4, 0.5) is 17.3 Å². The number of allylic oxidation sites excluding steroid dienone is 1. The first-order valence-corrected chi connectivity index (χ1v) is 10.1. The van der Waals surface area contributed by atoms with Gasteiger partial charge in [-0.05, 0) is 36.8 Å². The molecule has 0 spiro atoms. The highest BCUT2D eigenvalue weighted by Gasteiger charge is 2.33. The summed E-state index contributed by atoms with van der Waals surface area (Å²) in [5.74, 6) is 1.46. The monoisotopic (exact) mass is 434 g/mol. The van der Waals surface area contributed by atoms with Gasteiger partial charge in [0.2, 0.25) is 5.95 Å². The van der Waals surface area contributed by atoms with Crippen LogP contribution in [0.3, 0.4) is 0 Å². The number of anilines is 3. The van der Waals surface area contributed by atoms with Crippen LogP contribution < -0.4 is 25.0 Å². The van der Waals surface area contributed by atoms with Gasteiger partial charge in [0.25, 0.3) is 5.91 Å². The number of nitrogens with zero attached hydrogens (tertiary/aromatic N) is 4. The van der Waals surface area contributed by atoms with Crippen LogP contribution in [0.15, 0.2) is 60.1 Å². The number of carbonyl (C=O) groups excluding carboxylic acids is 1. The van der Waals surface area contributed by atoms with E-state index in [9.17, 15) is 4.79 Å². The molecule has 32 heavy (non-hydrogen) atoms. The highest BCUT2D eigenvalue weighted by atomic mass is 16.5. The van der Waals surface area contributed by atoms with E-state index in [0.29, 0.717) is 34.4 Å². The molecule has 2 N–H and O–H groups in total. The number of benzene rings is 2. The fourth-order valence-corrected chi connectivity index (χ4v) is 3.75. The van der Waals surface area contributed by atoms with Gasteiger partial charge in [0, 0.05) is 31.5 Å². The number of amides is 1. The van der Waals surface area contributed by atoms with Crippen molar-refractivity contribution in [2.24, 2.45) is 0 Å². The Balaban J connectivity index is 1.74. The van der Waals surface area contributed by atoms with E-state index in [1.807, 2.05) is 50.2 Å². The lowest BCUT2D eigenvalue weighted by molar-refractivity contribution is -0.113. The second kappa shape index (κ2) is 8.62. The molecule has 0 aliphatic carbocycles. The topological polar surface area (TPSA) is 93.5 Å². The maximum Gasteiger partial charge on any atom is 0.255 e. The van der Waals surface area contributed by atoms with Crippen LogP contribution in [0.1, 0.15) is 18.5 Å². The minimum atomic E-state index is -0.443. The number of methoxy groups -OCH3 is 2. The first kappa shape index (κ1) is 21.2. The Morgan fingerprint density at radius 2 is 1.88 bits per heavy atom. The number of nitrogens with one attached hydrogen (secondary N) is 2. The highest BCUT2D eigenvalue weighted by Crippen LogP contribution is 2.37. The van der Waals surface area contributed by atoms with E-state index in [4.69, 9.17) is 9.47 Å². The normalized spacial score (nSPS) is 15.0. The van der Waals surface area contributed by atoms with Crippen molar-refractivity contribution >= 4 is 23.2 Å². The molecular formula is C23H26N6O3. The molecule has 1 atom stereocenters. The quantitative estimate of drug-likeness (QED) is 0.615. The zero-order valence-electron chi connectivity index (χ0n) is 18.7. The molecule has 0 bridgehead atoms. The van der Waals surface area contributed by atoms with Crippen LogP contribution in [0.5, 0.6) is 11.5 Å². The Morgan fingerprint density at radius 3 is 2.53 bits per heavy atom. The summed E-state index contributed by atoms with van der Waals surface area (Å²) in [4.78, 5) is 19.9. The Bertz CT molecular complexity index is 1170. The van der Waals surface area contributed by atoms with E-state index in [1.165, 1.54) is 6.33 Å². The van der Waals surface area contributed by atoms with Gasteiger partial charge in [0.1, 0.15) is 23.9 Å². The van der Waals surface area contributed by atoms with E-state index in [-0.39, 0.29) is 5.91 Å². The summed E-state index contributed by atoms with van der Waals surface area (Å²) in [5.41, 5.74) is 3.74. The van der Waals surface area contributed by atoms with Crippen molar-refractivity contribution in [1.29, 1.82) is 0 Å². The second-order valence-corrected chi connectivity index (χ2v) is 7.60. The van der Waals surface area contributed by atoms with Gasteiger partial charge < -0.3 is 25.0 Å². The van der Waals surface area contributed by atoms with Crippen molar-refractivity contribution < 1.29 is 14.3 Å².